The fraction of sp³-hybridized carbons (Fsp3) is 0.300. The Balaban J connectivity index is 0.00000261. The van der Waals surface area contributed by atoms with Gasteiger partial charge in [0.25, 0.3) is 5.91 Å². The summed E-state index contributed by atoms with van der Waals surface area (Å²) >= 11 is 1.56. The number of halogens is 1. The van der Waals surface area contributed by atoms with Gasteiger partial charge in [0.1, 0.15) is 5.03 Å². The monoisotopic (exact) mass is 405 g/mol. The molecule has 2 aromatic rings. The van der Waals surface area contributed by atoms with Gasteiger partial charge in [0.15, 0.2) is 0 Å². The van der Waals surface area contributed by atoms with Gasteiger partial charge in [-0.2, -0.15) is 0 Å². The fourth-order valence-corrected chi connectivity index (χ4v) is 3.56. The molecular weight excluding hydrogens is 382 g/mol. The number of nitrogens with zero attached hydrogens (tertiary/aromatic N) is 2. The van der Waals surface area contributed by atoms with E-state index in [9.17, 15) is 4.79 Å². The highest BCUT2D eigenvalue weighted by molar-refractivity contribution is 7.99. The lowest BCUT2D eigenvalue weighted by atomic mass is 10.2. The van der Waals surface area contributed by atoms with Crippen LogP contribution in [0.1, 0.15) is 15.9 Å². The molecule has 7 heteroatoms. The van der Waals surface area contributed by atoms with Crippen LogP contribution in [0.4, 0.5) is 0 Å². The van der Waals surface area contributed by atoms with E-state index < -0.39 is 0 Å². The molecule has 3 rings (SSSR count). The second-order valence-electron chi connectivity index (χ2n) is 5.96. The van der Waals surface area contributed by atoms with Crippen molar-refractivity contribution in [1.82, 2.24) is 9.88 Å². The Bertz CT molecular complexity index is 758. The highest BCUT2D eigenvalue weighted by Crippen LogP contribution is 2.22. The molecule has 144 valence electrons. The van der Waals surface area contributed by atoms with E-state index in [4.69, 9.17) is 10.5 Å². The van der Waals surface area contributed by atoms with Gasteiger partial charge >= 0.3 is 0 Å². The number of nitrogens with two attached hydrogens (primary N) is 1. The van der Waals surface area contributed by atoms with Gasteiger partial charge in [-0.05, 0) is 17.7 Å². The van der Waals surface area contributed by atoms with Crippen molar-refractivity contribution in [3.05, 3.63) is 65.9 Å². The van der Waals surface area contributed by atoms with Gasteiger partial charge in [-0.1, -0.05) is 42.5 Å². The normalized spacial score (nSPS) is 16.9. The van der Waals surface area contributed by atoms with Crippen molar-refractivity contribution in [2.24, 2.45) is 5.73 Å². The van der Waals surface area contributed by atoms with Crippen LogP contribution in [0.2, 0.25) is 0 Å². The number of thioether (sulfide) groups is 1. The van der Waals surface area contributed by atoms with Gasteiger partial charge in [-0.25, -0.2) is 4.98 Å². The van der Waals surface area contributed by atoms with Crippen molar-refractivity contribution in [1.29, 1.82) is 0 Å². The number of benzene rings is 1. The van der Waals surface area contributed by atoms with Crippen molar-refractivity contribution in [3.63, 3.8) is 0 Å². The molecule has 0 spiro atoms. The largest absolute Gasteiger partial charge is 0.373 e. The molecule has 0 radical (unpaired) electrons. The number of hydrogen-bond acceptors (Lipinski definition) is 5. The summed E-state index contributed by atoms with van der Waals surface area (Å²) in [4.78, 5) is 19.1. The van der Waals surface area contributed by atoms with Gasteiger partial charge in [-0.3, -0.25) is 4.79 Å². The number of aromatic nitrogens is 1. The summed E-state index contributed by atoms with van der Waals surface area (Å²) in [5.74, 6) is 0.746. The van der Waals surface area contributed by atoms with Gasteiger partial charge in [0.2, 0.25) is 0 Å². The maximum absolute atomic E-state index is 12.9. The smallest absolute Gasteiger partial charge is 0.256 e. The molecule has 5 nitrogen and oxygen atoms in total. The van der Waals surface area contributed by atoms with Crippen molar-refractivity contribution >= 4 is 36.2 Å². The molecule has 1 aliphatic rings. The fourth-order valence-electron chi connectivity index (χ4n) is 2.76. The van der Waals surface area contributed by atoms with Crippen LogP contribution in [0, 0.1) is 0 Å². The van der Waals surface area contributed by atoms with Gasteiger partial charge in [0, 0.05) is 31.6 Å². The first-order valence-electron chi connectivity index (χ1n) is 8.68. The third kappa shape index (κ3) is 6.07. The summed E-state index contributed by atoms with van der Waals surface area (Å²) in [7, 11) is 0. The van der Waals surface area contributed by atoms with E-state index in [2.05, 4.69) is 29.3 Å². The van der Waals surface area contributed by atoms with Crippen molar-refractivity contribution in [2.45, 2.75) is 11.1 Å². The molecule has 0 saturated carbocycles. The minimum absolute atomic E-state index is 0. The van der Waals surface area contributed by atoms with Crippen LogP contribution in [0.5, 0.6) is 0 Å². The molecule has 0 aliphatic carbocycles. The minimum atomic E-state index is -0.0886. The lowest BCUT2D eigenvalue weighted by Crippen LogP contribution is -2.48. The topological polar surface area (TPSA) is 68.5 Å². The maximum atomic E-state index is 12.9. The molecule has 1 atom stereocenters. The molecule has 1 fully saturated rings. The Kier molecular flexibility index (Phi) is 8.81. The molecule has 1 aromatic carbocycles. The maximum Gasteiger partial charge on any atom is 0.256 e. The zero-order chi connectivity index (χ0) is 18.2. The second-order valence-corrected chi connectivity index (χ2v) is 6.97. The third-order valence-corrected chi connectivity index (χ3v) is 5.07. The summed E-state index contributed by atoms with van der Waals surface area (Å²) in [6, 6.07) is 13.8. The first-order chi connectivity index (χ1) is 12.8. The minimum Gasteiger partial charge on any atom is -0.373 e. The predicted molar refractivity (Wildman–Crippen MR) is 112 cm³/mol. The highest BCUT2D eigenvalue weighted by atomic mass is 35.5. The number of ether oxygens (including phenoxy) is 1. The van der Waals surface area contributed by atoms with E-state index in [1.165, 1.54) is 0 Å². The first-order valence-corrected chi connectivity index (χ1v) is 9.67. The summed E-state index contributed by atoms with van der Waals surface area (Å²) in [5, 5.41) is 0.756. The molecule has 0 bridgehead atoms. The number of carbonyl (C=O) groups is 1. The highest BCUT2D eigenvalue weighted by Gasteiger charge is 2.25. The lowest BCUT2D eigenvalue weighted by Gasteiger charge is -2.32. The molecule has 1 unspecified atom stereocenters. The average Bonchev–Trinajstić information content (AvgIpc) is 2.72. The van der Waals surface area contributed by atoms with Crippen LogP contribution in [0.3, 0.4) is 0 Å². The molecule has 2 heterocycles. The Morgan fingerprint density at radius 1 is 1.30 bits per heavy atom. The SMILES string of the molecule is Cl.NCC1CN(C(=O)c2cccnc2SCC=Cc2ccccc2)CCO1. The van der Waals surface area contributed by atoms with E-state index in [1.807, 2.05) is 29.2 Å². The second kappa shape index (κ2) is 11.1. The summed E-state index contributed by atoms with van der Waals surface area (Å²) in [6.45, 7) is 2.06. The Labute approximate surface area is 170 Å². The van der Waals surface area contributed by atoms with Gasteiger partial charge in [0.05, 0.1) is 18.3 Å². The summed E-state index contributed by atoms with van der Waals surface area (Å²) in [6.07, 6.45) is 5.80. The number of carbonyl (C=O) groups excluding carboxylic acids is 1. The number of pyridine rings is 1. The van der Waals surface area contributed by atoms with E-state index in [1.54, 1.807) is 24.0 Å². The van der Waals surface area contributed by atoms with Crippen LogP contribution >= 0.6 is 24.2 Å². The number of hydrogen-bond donors (Lipinski definition) is 1. The standard InChI is InChI=1S/C20H23N3O2S.ClH/c21-14-17-15-23(11-12-25-17)20(24)18-9-4-10-22-19(18)26-13-5-8-16-6-2-1-3-7-16;/h1-10,17H,11-15,21H2;1H. The van der Waals surface area contributed by atoms with E-state index >= 15 is 0 Å². The molecular formula is C20H24ClN3O2S. The zero-order valence-electron chi connectivity index (χ0n) is 15.0. The lowest BCUT2D eigenvalue weighted by molar-refractivity contribution is -0.0169. The van der Waals surface area contributed by atoms with E-state index in [-0.39, 0.29) is 24.4 Å². The summed E-state index contributed by atoms with van der Waals surface area (Å²) in [5.41, 5.74) is 7.48. The van der Waals surface area contributed by atoms with Crippen LogP contribution in [-0.4, -0.2) is 53.9 Å². The zero-order valence-corrected chi connectivity index (χ0v) is 16.6. The van der Waals surface area contributed by atoms with E-state index in [0.29, 0.717) is 31.8 Å². The number of amides is 1. The van der Waals surface area contributed by atoms with Gasteiger partial charge < -0.3 is 15.4 Å². The van der Waals surface area contributed by atoms with Crippen LogP contribution in [-0.2, 0) is 4.74 Å². The first kappa shape index (κ1) is 21.4. The quantitative estimate of drug-likeness (QED) is 0.748. The molecule has 27 heavy (non-hydrogen) atoms. The van der Waals surface area contributed by atoms with E-state index in [0.717, 1.165) is 16.3 Å². The summed E-state index contributed by atoms with van der Waals surface area (Å²) < 4.78 is 5.55. The molecule has 1 saturated heterocycles. The molecule has 1 amide bonds. The van der Waals surface area contributed by atoms with Crippen LogP contribution in [0.15, 0.2) is 59.8 Å². The van der Waals surface area contributed by atoms with Crippen LogP contribution < -0.4 is 5.73 Å². The van der Waals surface area contributed by atoms with Crippen molar-refractivity contribution < 1.29 is 9.53 Å². The third-order valence-electron chi connectivity index (χ3n) is 4.12. The Morgan fingerprint density at radius 2 is 2.11 bits per heavy atom. The Hall–Kier alpha value is -1.86. The molecule has 1 aromatic heterocycles. The number of morpholine rings is 1. The average molecular weight is 406 g/mol. The Morgan fingerprint density at radius 3 is 2.89 bits per heavy atom. The molecule has 2 N–H and O–H groups in total. The van der Waals surface area contributed by atoms with Crippen molar-refractivity contribution in [3.8, 4) is 0 Å². The predicted octanol–water partition coefficient (Wildman–Crippen LogP) is 3.11. The van der Waals surface area contributed by atoms with Crippen LogP contribution in [0.25, 0.3) is 6.08 Å². The van der Waals surface area contributed by atoms with Crippen molar-refractivity contribution in [2.75, 3.05) is 32.0 Å². The number of rotatable bonds is 6. The molecule has 1 aliphatic heterocycles. The van der Waals surface area contributed by atoms with Gasteiger partial charge in [-0.15, -0.1) is 24.2 Å².